The van der Waals surface area contributed by atoms with Crippen molar-refractivity contribution in [3.8, 4) is 0 Å². The molecule has 0 spiro atoms. The van der Waals surface area contributed by atoms with Crippen molar-refractivity contribution >= 4 is 17.3 Å². The van der Waals surface area contributed by atoms with E-state index in [2.05, 4.69) is 18.7 Å². The summed E-state index contributed by atoms with van der Waals surface area (Å²) in [6.07, 6.45) is 0.147. The van der Waals surface area contributed by atoms with Crippen LogP contribution >= 0.6 is 11.6 Å². The molecular weight excluding hydrogens is 250 g/mol. The molecule has 18 heavy (non-hydrogen) atoms. The predicted molar refractivity (Wildman–Crippen MR) is 74.2 cm³/mol. The SMILES string of the molecule is CC1CN(c2ccc(Cl)cc2)CC(C)OC(C)O1. The third-order valence-corrected chi connectivity index (χ3v) is 3.25. The molecule has 4 heteroatoms. The molecule has 1 fully saturated rings. The molecular formula is C14H20ClNO2. The van der Waals surface area contributed by atoms with Crippen molar-refractivity contribution in [3.05, 3.63) is 29.3 Å². The van der Waals surface area contributed by atoms with Crippen LogP contribution in [0.3, 0.4) is 0 Å². The smallest absolute Gasteiger partial charge is 0.155 e. The average molecular weight is 270 g/mol. The molecule has 3 nitrogen and oxygen atoms in total. The highest BCUT2D eigenvalue weighted by molar-refractivity contribution is 6.30. The molecule has 1 aliphatic rings. The highest BCUT2D eigenvalue weighted by Crippen LogP contribution is 2.21. The van der Waals surface area contributed by atoms with Gasteiger partial charge in [-0.3, -0.25) is 0 Å². The van der Waals surface area contributed by atoms with Gasteiger partial charge in [-0.25, -0.2) is 0 Å². The van der Waals surface area contributed by atoms with Gasteiger partial charge in [0.1, 0.15) is 0 Å². The minimum absolute atomic E-state index is 0.137. The second-order valence-electron chi connectivity index (χ2n) is 4.84. The molecule has 0 N–H and O–H groups in total. The Kier molecular flexibility index (Phi) is 4.49. The third kappa shape index (κ3) is 3.61. The molecule has 1 aromatic rings. The van der Waals surface area contributed by atoms with E-state index in [9.17, 15) is 0 Å². The lowest BCUT2D eigenvalue weighted by atomic mass is 10.2. The predicted octanol–water partition coefficient (Wildman–Crippen LogP) is 3.32. The van der Waals surface area contributed by atoms with Gasteiger partial charge in [0.05, 0.1) is 12.2 Å². The average Bonchev–Trinajstić information content (AvgIpc) is 2.26. The van der Waals surface area contributed by atoms with Crippen LogP contribution in [0.1, 0.15) is 20.8 Å². The topological polar surface area (TPSA) is 21.7 Å². The summed E-state index contributed by atoms with van der Waals surface area (Å²) in [6.45, 7) is 7.81. The number of hydrogen-bond acceptors (Lipinski definition) is 3. The summed E-state index contributed by atoms with van der Waals surface area (Å²) in [5, 5.41) is 0.757. The number of nitrogens with zero attached hydrogens (tertiary/aromatic N) is 1. The fourth-order valence-corrected chi connectivity index (χ4v) is 2.46. The molecule has 1 heterocycles. The van der Waals surface area contributed by atoms with Crippen molar-refractivity contribution in [3.63, 3.8) is 0 Å². The Balaban J connectivity index is 2.12. The molecule has 2 unspecified atom stereocenters. The molecule has 1 aromatic carbocycles. The van der Waals surface area contributed by atoms with Crippen LogP contribution in [0, 0.1) is 0 Å². The Hall–Kier alpha value is -0.770. The van der Waals surface area contributed by atoms with Crippen molar-refractivity contribution in [2.24, 2.45) is 0 Å². The Bertz CT molecular complexity index is 368. The second-order valence-corrected chi connectivity index (χ2v) is 5.28. The summed E-state index contributed by atoms with van der Waals surface area (Å²) in [5.74, 6) is 0. The van der Waals surface area contributed by atoms with E-state index in [1.165, 1.54) is 0 Å². The Morgan fingerprint density at radius 3 is 2.00 bits per heavy atom. The molecule has 0 aliphatic carbocycles. The number of ether oxygens (including phenoxy) is 2. The summed E-state index contributed by atoms with van der Waals surface area (Å²) < 4.78 is 11.5. The van der Waals surface area contributed by atoms with Crippen LogP contribution in [0.25, 0.3) is 0 Å². The first-order valence-electron chi connectivity index (χ1n) is 6.36. The van der Waals surface area contributed by atoms with Crippen LogP contribution < -0.4 is 4.90 Å². The molecule has 0 amide bonds. The maximum absolute atomic E-state index is 5.92. The molecule has 2 atom stereocenters. The second kappa shape index (κ2) is 5.91. The van der Waals surface area contributed by atoms with Gasteiger partial charge in [0.2, 0.25) is 0 Å². The van der Waals surface area contributed by atoms with Crippen LogP contribution in [0.5, 0.6) is 0 Å². The molecule has 0 aromatic heterocycles. The van der Waals surface area contributed by atoms with Gasteiger partial charge in [-0.15, -0.1) is 0 Å². The fourth-order valence-electron chi connectivity index (χ4n) is 2.33. The van der Waals surface area contributed by atoms with Crippen LogP contribution in [0.4, 0.5) is 5.69 Å². The van der Waals surface area contributed by atoms with E-state index in [1.54, 1.807) is 0 Å². The van der Waals surface area contributed by atoms with Gasteiger partial charge in [0, 0.05) is 23.8 Å². The summed E-state index contributed by atoms with van der Waals surface area (Å²) in [4.78, 5) is 2.28. The maximum atomic E-state index is 5.92. The van der Waals surface area contributed by atoms with Gasteiger partial charge in [-0.1, -0.05) is 11.6 Å². The molecule has 0 saturated carbocycles. The van der Waals surface area contributed by atoms with Crippen LogP contribution in [0.15, 0.2) is 24.3 Å². The van der Waals surface area contributed by atoms with E-state index in [0.717, 1.165) is 23.8 Å². The normalized spacial score (nSPS) is 29.8. The van der Waals surface area contributed by atoms with Gasteiger partial charge in [0.15, 0.2) is 6.29 Å². The third-order valence-electron chi connectivity index (χ3n) is 2.99. The number of rotatable bonds is 1. The standard InChI is InChI=1S/C14H20ClNO2/c1-10-8-16(9-11(2)18-12(3)17-10)14-6-4-13(15)5-7-14/h4-7,10-12H,8-9H2,1-3H3. The molecule has 1 saturated heterocycles. The van der Waals surface area contributed by atoms with Crippen molar-refractivity contribution in [1.29, 1.82) is 0 Å². The van der Waals surface area contributed by atoms with Crippen LogP contribution in [-0.4, -0.2) is 31.6 Å². The summed E-state index contributed by atoms with van der Waals surface area (Å²) >= 11 is 5.92. The molecule has 0 bridgehead atoms. The zero-order valence-corrected chi connectivity index (χ0v) is 11.9. The minimum Gasteiger partial charge on any atom is -0.366 e. The van der Waals surface area contributed by atoms with E-state index in [4.69, 9.17) is 21.1 Å². The summed E-state index contributed by atoms with van der Waals surface area (Å²) in [5.41, 5.74) is 1.15. The van der Waals surface area contributed by atoms with Crippen molar-refractivity contribution in [2.75, 3.05) is 18.0 Å². The molecule has 0 radical (unpaired) electrons. The zero-order valence-electron chi connectivity index (χ0n) is 11.1. The quantitative estimate of drug-likeness (QED) is 0.781. The van der Waals surface area contributed by atoms with Gasteiger partial charge < -0.3 is 14.4 Å². The summed E-state index contributed by atoms with van der Waals surface area (Å²) in [7, 11) is 0. The van der Waals surface area contributed by atoms with Gasteiger partial charge >= 0.3 is 0 Å². The number of hydrogen-bond donors (Lipinski definition) is 0. The molecule has 2 rings (SSSR count). The van der Waals surface area contributed by atoms with E-state index >= 15 is 0 Å². The zero-order chi connectivity index (χ0) is 13.1. The fraction of sp³-hybridized carbons (Fsp3) is 0.571. The lowest BCUT2D eigenvalue weighted by Gasteiger charge is -2.35. The Morgan fingerprint density at radius 2 is 1.50 bits per heavy atom. The van der Waals surface area contributed by atoms with Crippen LogP contribution in [0.2, 0.25) is 5.02 Å². The number of halogens is 1. The largest absolute Gasteiger partial charge is 0.366 e. The van der Waals surface area contributed by atoms with Crippen molar-refractivity contribution in [2.45, 2.75) is 39.3 Å². The first-order chi connectivity index (χ1) is 8.54. The minimum atomic E-state index is -0.137. The molecule has 100 valence electrons. The highest BCUT2D eigenvalue weighted by atomic mass is 35.5. The highest BCUT2D eigenvalue weighted by Gasteiger charge is 2.22. The van der Waals surface area contributed by atoms with E-state index in [0.29, 0.717) is 0 Å². The van der Waals surface area contributed by atoms with E-state index in [1.807, 2.05) is 31.2 Å². The van der Waals surface area contributed by atoms with E-state index < -0.39 is 0 Å². The van der Waals surface area contributed by atoms with Gasteiger partial charge in [0.25, 0.3) is 0 Å². The van der Waals surface area contributed by atoms with Crippen molar-refractivity contribution < 1.29 is 9.47 Å². The van der Waals surface area contributed by atoms with Gasteiger partial charge in [-0.2, -0.15) is 0 Å². The first-order valence-corrected chi connectivity index (χ1v) is 6.74. The maximum Gasteiger partial charge on any atom is 0.155 e. The number of anilines is 1. The van der Waals surface area contributed by atoms with Crippen LogP contribution in [-0.2, 0) is 9.47 Å². The Morgan fingerprint density at radius 1 is 1.00 bits per heavy atom. The number of benzene rings is 1. The van der Waals surface area contributed by atoms with Crippen molar-refractivity contribution in [1.82, 2.24) is 0 Å². The van der Waals surface area contributed by atoms with Gasteiger partial charge in [-0.05, 0) is 45.0 Å². The lowest BCUT2D eigenvalue weighted by molar-refractivity contribution is -0.180. The molecule has 1 aliphatic heterocycles. The lowest BCUT2D eigenvalue weighted by Crippen LogP contribution is -2.43. The first kappa shape index (κ1) is 13.7. The monoisotopic (exact) mass is 269 g/mol. The summed E-state index contributed by atoms with van der Waals surface area (Å²) in [6, 6.07) is 7.89. The Labute approximate surface area is 114 Å². The van der Waals surface area contributed by atoms with E-state index in [-0.39, 0.29) is 18.5 Å².